The number of carbonyl (C=O) groups excluding carboxylic acids is 1. The first kappa shape index (κ1) is 18.5. The van der Waals surface area contributed by atoms with Gasteiger partial charge in [0.05, 0.1) is 25.4 Å². The normalized spacial score (nSPS) is 29.7. The average Bonchev–Trinajstić information content (AvgIpc) is 2.72. The number of likely N-dealkylation sites (N-methyl/N-ethyl adjacent to an activating group) is 1. The van der Waals surface area contributed by atoms with Gasteiger partial charge in [0.15, 0.2) is 0 Å². The SMILES string of the molecule is CN(CC1CCCCN(C(=O)OC(C)(C)C)C1)[C@@H]1COC[C@H]1O. The highest BCUT2D eigenvalue weighted by Crippen LogP contribution is 2.21. The van der Waals surface area contributed by atoms with Gasteiger partial charge < -0.3 is 19.5 Å². The minimum atomic E-state index is -0.457. The first-order valence-electron chi connectivity index (χ1n) is 8.70. The molecule has 2 saturated heterocycles. The minimum absolute atomic E-state index is 0.0632. The second kappa shape index (κ2) is 7.81. The highest BCUT2D eigenvalue weighted by molar-refractivity contribution is 5.68. The van der Waals surface area contributed by atoms with Gasteiger partial charge >= 0.3 is 6.09 Å². The van der Waals surface area contributed by atoms with E-state index in [1.54, 1.807) is 0 Å². The lowest BCUT2D eigenvalue weighted by Crippen LogP contribution is -2.45. The maximum Gasteiger partial charge on any atom is 0.410 e. The van der Waals surface area contributed by atoms with Crippen molar-refractivity contribution in [3.63, 3.8) is 0 Å². The first-order valence-corrected chi connectivity index (χ1v) is 8.70. The van der Waals surface area contributed by atoms with Crippen molar-refractivity contribution in [3.05, 3.63) is 0 Å². The number of amides is 1. The van der Waals surface area contributed by atoms with Gasteiger partial charge in [-0.2, -0.15) is 0 Å². The number of likely N-dealkylation sites (tertiary alicyclic amines) is 1. The molecule has 23 heavy (non-hydrogen) atoms. The Balaban J connectivity index is 1.90. The van der Waals surface area contributed by atoms with E-state index in [2.05, 4.69) is 4.90 Å². The monoisotopic (exact) mass is 328 g/mol. The summed E-state index contributed by atoms with van der Waals surface area (Å²) in [6.07, 6.45) is 2.63. The number of ether oxygens (including phenoxy) is 2. The van der Waals surface area contributed by atoms with Crippen LogP contribution in [0.3, 0.4) is 0 Å². The van der Waals surface area contributed by atoms with Crippen LogP contribution in [0.1, 0.15) is 40.0 Å². The van der Waals surface area contributed by atoms with E-state index in [4.69, 9.17) is 9.47 Å². The first-order chi connectivity index (χ1) is 10.8. The van der Waals surface area contributed by atoms with E-state index >= 15 is 0 Å². The fraction of sp³-hybridized carbons (Fsp3) is 0.941. The molecule has 2 aliphatic rings. The third-order valence-electron chi connectivity index (χ3n) is 4.55. The number of hydrogen-bond donors (Lipinski definition) is 1. The molecule has 0 spiro atoms. The van der Waals surface area contributed by atoms with Gasteiger partial charge in [-0.05, 0) is 46.6 Å². The van der Waals surface area contributed by atoms with Gasteiger partial charge in [0.1, 0.15) is 5.60 Å². The lowest BCUT2D eigenvalue weighted by Gasteiger charge is -2.32. The van der Waals surface area contributed by atoms with Gasteiger partial charge in [0, 0.05) is 19.6 Å². The maximum atomic E-state index is 12.3. The number of hydrogen-bond acceptors (Lipinski definition) is 5. The molecule has 6 nitrogen and oxygen atoms in total. The molecule has 134 valence electrons. The molecule has 2 heterocycles. The quantitative estimate of drug-likeness (QED) is 0.855. The highest BCUT2D eigenvalue weighted by atomic mass is 16.6. The van der Waals surface area contributed by atoms with Crippen LogP contribution >= 0.6 is 0 Å². The largest absolute Gasteiger partial charge is 0.444 e. The lowest BCUT2D eigenvalue weighted by atomic mass is 10.0. The molecular weight excluding hydrogens is 296 g/mol. The van der Waals surface area contributed by atoms with Crippen molar-refractivity contribution >= 4 is 6.09 Å². The van der Waals surface area contributed by atoms with Gasteiger partial charge in [-0.15, -0.1) is 0 Å². The molecule has 0 bridgehead atoms. The lowest BCUT2D eigenvalue weighted by molar-refractivity contribution is 0.0212. The summed E-state index contributed by atoms with van der Waals surface area (Å²) in [7, 11) is 2.03. The fourth-order valence-electron chi connectivity index (χ4n) is 3.37. The van der Waals surface area contributed by atoms with E-state index in [-0.39, 0.29) is 12.1 Å². The van der Waals surface area contributed by atoms with Crippen LogP contribution in [0.15, 0.2) is 0 Å². The zero-order chi connectivity index (χ0) is 17.0. The Kier molecular flexibility index (Phi) is 6.28. The van der Waals surface area contributed by atoms with Gasteiger partial charge in [0.25, 0.3) is 0 Å². The molecule has 2 rings (SSSR count). The van der Waals surface area contributed by atoms with Crippen LogP contribution in [0.2, 0.25) is 0 Å². The van der Waals surface area contributed by atoms with E-state index in [0.717, 1.165) is 38.9 Å². The van der Waals surface area contributed by atoms with Crippen LogP contribution < -0.4 is 0 Å². The molecule has 0 aromatic carbocycles. The van der Waals surface area contributed by atoms with Gasteiger partial charge in [-0.3, -0.25) is 4.90 Å². The van der Waals surface area contributed by atoms with Crippen molar-refractivity contribution in [1.82, 2.24) is 9.80 Å². The summed E-state index contributed by atoms with van der Waals surface area (Å²) < 4.78 is 10.9. The zero-order valence-electron chi connectivity index (χ0n) is 15.0. The molecule has 0 aromatic heterocycles. The number of nitrogens with zero attached hydrogens (tertiary/aromatic N) is 2. The van der Waals surface area contributed by atoms with Crippen LogP contribution in [-0.2, 0) is 9.47 Å². The Morgan fingerprint density at radius 2 is 2.09 bits per heavy atom. The van der Waals surface area contributed by atoms with E-state index in [1.165, 1.54) is 0 Å². The van der Waals surface area contributed by atoms with E-state index in [9.17, 15) is 9.90 Å². The van der Waals surface area contributed by atoms with E-state index < -0.39 is 11.7 Å². The van der Waals surface area contributed by atoms with Crippen LogP contribution in [0, 0.1) is 5.92 Å². The summed E-state index contributed by atoms with van der Waals surface area (Å²) in [5.41, 5.74) is -0.457. The molecule has 0 aliphatic carbocycles. The second-order valence-corrected chi connectivity index (χ2v) is 7.90. The van der Waals surface area contributed by atoms with Crippen LogP contribution in [-0.4, -0.2) is 78.6 Å². The van der Waals surface area contributed by atoms with Crippen molar-refractivity contribution in [2.45, 2.75) is 57.8 Å². The Morgan fingerprint density at radius 1 is 1.35 bits per heavy atom. The van der Waals surface area contributed by atoms with Crippen molar-refractivity contribution in [3.8, 4) is 0 Å². The second-order valence-electron chi connectivity index (χ2n) is 7.90. The molecule has 1 N–H and O–H groups in total. The summed E-state index contributed by atoms with van der Waals surface area (Å²) in [6.45, 7) is 9.06. The van der Waals surface area contributed by atoms with E-state index in [1.807, 2.05) is 32.7 Å². The summed E-state index contributed by atoms with van der Waals surface area (Å²) in [5, 5.41) is 9.96. The molecule has 0 radical (unpaired) electrons. The maximum absolute atomic E-state index is 12.3. The smallest absolute Gasteiger partial charge is 0.410 e. The summed E-state index contributed by atoms with van der Waals surface area (Å²) in [5.74, 6) is 0.405. The van der Waals surface area contributed by atoms with Crippen LogP contribution in [0.4, 0.5) is 4.79 Å². The Bertz CT molecular complexity index is 397. The van der Waals surface area contributed by atoms with E-state index in [0.29, 0.717) is 19.1 Å². The average molecular weight is 328 g/mol. The predicted octanol–water partition coefficient (Wildman–Crippen LogP) is 1.72. The molecule has 6 heteroatoms. The molecule has 1 unspecified atom stereocenters. The summed E-state index contributed by atoms with van der Waals surface area (Å²) >= 11 is 0. The molecule has 3 atom stereocenters. The van der Waals surface area contributed by atoms with Gasteiger partial charge in [0.2, 0.25) is 0 Å². The van der Waals surface area contributed by atoms with Gasteiger partial charge in [-0.25, -0.2) is 4.79 Å². The molecule has 2 aliphatic heterocycles. The van der Waals surface area contributed by atoms with Crippen molar-refractivity contribution in [2.75, 3.05) is 39.9 Å². The summed E-state index contributed by atoms with van der Waals surface area (Å²) in [4.78, 5) is 16.4. The van der Waals surface area contributed by atoms with Crippen LogP contribution in [0.5, 0.6) is 0 Å². The molecular formula is C17H32N2O4. The number of aliphatic hydroxyl groups is 1. The third kappa shape index (κ3) is 5.62. The third-order valence-corrected chi connectivity index (χ3v) is 4.55. The Hall–Kier alpha value is -0.850. The fourth-order valence-corrected chi connectivity index (χ4v) is 3.37. The van der Waals surface area contributed by atoms with Crippen molar-refractivity contribution in [2.24, 2.45) is 5.92 Å². The van der Waals surface area contributed by atoms with Gasteiger partial charge in [-0.1, -0.05) is 6.42 Å². The molecule has 0 aromatic rings. The van der Waals surface area contributed by atoms with Crippen molar-refractivity contribution in [1.29, 1.82) is 0 Å². The molecule has 2 fully saturated rings. The minimum Gasteiger partial charge on any atom is -0.444 e. The topological polar surface area (TPSA) is 62.2 Å². The summed E-state index contributed by atoms with van der Waals surface area (Å²) in [6, 6.07) is 0.0632. The number of carbonyl (C=O) groups is 1. The predicted molar refractivity (Wildman–Crippen MR) is 88.4 cm³/mol. The molecule has 0 saturated carbocycles. The Labute approximate surface area is 139 Å². The Morgan fingerprint density at radius 3 is 2.70 bits per heavy atom. The van der Waals surface area contributed by atoms with Crippen molar-refractivity contribution < 1.29 is 19.4 Å². The number of aliphatic hydroxyl groups excluding tert-OH is 1. The highest BCUT2D eigenvalue weighted by Gasteiger charge is 2.32. The zero-order valence-corrected chi connectivity index (χ0v) is 15.0. The standard InChI is InChI=1S/C17H32N2O4/c1-17(2,3)23-16(21)19-8-6-5-7-13(10-19)9-18(4)14-11-22-12-15(14)20/h13-15,20H,5-12H2,1-4H3/t13?,14-,15-/m1/s1. The van der Waals surface area contributed by atoms with Crippen LogP contribution in [0.25, 0.3) is 0 Å². The molecule has 1 amide bonds. The number of rotatable bonds is 3.